The van der Waals surface area contributed by atoms with Crippen molar-refractivity contribution in [3.05, 3.63) is 48.0 Å². The van der Waals surface area contributed by atoms with Crippen molar-refractivity contribution >= 4 is 11.9 Å². The van der Waals surface area contributed by atoms with Gasteiger partial charge in [-0.3, -0.25) is 4.79 Å². The number of hydrogen-bond donors (Lipinski definition) is 1. The van der Waals surface area contributed by atoms with Gasteiger partial charge in [0, 0.05) is 11.6 Å². The van der Waals surface area contributed by atoms with Crippen molar-refractivity contribution in [1.82, 2.24) is 5.32 Å². The highest BCUT2D eigenvalue weighted by molar-refractivity contribution is 5.96. The lowest BCUT2D eigenvalue weighted by atomic mass is 10.1. The number of hydrogen-bond acceptors (Lipinski definition) is 3. The first-order valence-electron chi connectivity index (χ1n) is 6.34. The van der Waals surface area contributed by atoms with Gasteiger partial charge in [0.25, 0.3) is 5.91 Å². The van der Waals surface area contributed by atoms with Crippen LogP contribution in [0.1, 0.15) is 40.5 Å². The molecule has 19 heavy (non-hydrogen) atoms. The van der Waals surface area contributed by atoms with Crippen LogP contribution >= 0.6 is 0 Å². The van der Waals surface area contributed by atoms with Crippen molar-refractivity contribution in [3.63, 3.8) is 0 Å². The molecule has 0 saturated heterocycles. The van der Waals surface area contributed by atoms with Crippen molar-refractivity contribution in [3.8, 4) is 0 Å². The van der Waals surface area contributed by atoms with Crippen LogP contribution in [0.2, 0.25) is 0 Å². The standard InChI is InChI=1S/C15H17NO3/c1-3-10(2)19-15(18)12-6-4-11(5-7-12)14(17)16-13-8-9-13/h3-7,10,13H,1,8-9H2,2H3,(H,16,17)/t10-/m0/s1. The van der Waals surface area contributed by atoms with Crippen LogP contribution in [0.3, 0.4) is 0 Å². The molecule has 1 N–H and O–H groups in total. The van der Waals surface area contributed by atoms with Crippen LogP contribution in [0.4, 0.5) is 0 Å². The quantitative estimate of drug-likeness (QED) is 0.652. The van der Waals surface area contributed by atoms with Crippen molar-refractivity contribution in [2.75, 3.05) is 0 Å². The van der Waals surface area contributed by atoms with Crippen LogP contribution in [0.25, 0.3) is 0 Å². The molecule has 100 valence electrons. The van der Waals surface area contributed by atoms with E-state index < -0.39 is 5.97 Å². The van der Waals surface area contributed by atoms with Gasteiger partial charge < -0.3 is 10.1 Å². The lowest BCUT2D eigenvalue weighted by Gasteiger charge is -2.09. The van der Waals surface area contributed by atoms with Crippen LogP contribution in [-0.2, 0) is 4.74 Å². The molecule has 1 aliphatic rings. The third kappa shape index (κ3) is 3.68. The van der Waals surface area contributed by atoms with Gasteiger partial charge in [0.2, 0.25) is 0 Å². The molecule has 0 heterocycles. The second-order valence-corrected chi connectivity index (χ2v) is 4.67. The van der Waals surface area contributed by atoms with Crippen molar-refractivity contribution < 1.29 is 14.3 Å². The van der Waals surface area contributed by atoms with E-state index in [1.807, 2.05) is 0 Å². The lowest BCUT2D eigenvalue weighted by molar-refractivity contribution is 0.0425. The summed E-state index contributed by atoms with van der Waals surface area (Å²) in [6.07, 6.45) is 3.32. The number of carbonyl (C=O) groups excluding carboxylic acids is 2. The first-order valence-corrected chi connectivity index (χ1v) is 6.34. The van der Waals surface area contributed by atoms with Gasteiger partial charge in [0.05, 0.1) is 5.56 Å². The van der Waals surface area contributed by atoms with Crippen LogP contribution < -0.4 is 5.32 Å². The van der Waals surface area contributed by atoms with Crippen LogP contribution in [0.15, 0.2) is 36.9 Å². The minimum Gasteiger partial charge on any atom is -0.455 e. The fraction of sp³-hybridized carbons (Fsp3) is 0.333. The van der Waals surface area contributed by atoms with Gasteiger partial charge in [-0.25, -0.2) is 4.79 Å². The number of esters is 1. The Bertz CT molecular complexity index is 489. The summed E-state index contributed by atoms with van der Waals surface area (Å²) in [4.78, 5) is 23.5. The number of rotatable bonds is 5. The molecule has 0 bridgehead atoms. The molecular formula is C15H17NO3. The van der Waals surface area contributed by atoms with Gasteiger partial charge in [0.15, 0.2) is 0 Å². The average Bonchev–Trinajstić information content (AvgIpc) is 3.22. The fourth-order valence-corrected chi connectivity index (χ4v) is 1.54. The van der Waals surface area contributed by atoms with Gasteiger partial charge in [-0.1, -0.05) is 12.7 Å². The van der Waals surface area contributed by atoms with Gasteiger partial charge in [-0.05, 0) is 44.0 Å². The third-order valence-electron chi connectivity index (χ3n) is 2.92. The van der Waals surface area contributed by atoms with E-state index in [9.17, 15) is 9.59 Å². The molecule has 1 aromatic rings. The van der Waals surface area contributed by atoms with Crippen molar-refractivity contribution in [2.24, 2.45) is 0 Å². The highest BCUT2D eigenvalue weighted by atomic mass is 16.5. The Morgan fingerprint density at radius 2 is 1.89 bits per heavy atom. The Kier molecular flexibility index (Phi) is 4.00. The molecule has 1 fully saturated rings. The molecule has 0 unspecified atom stereocenters. The van der Waals surface area contributed by atoms with E-state index in [0.29, 0.717) is 17.2 Å². The maximum absolute atomic E-state index is 11.8. The van der Waals surface area contributed by atoms with Gasteiger partial charge in [0.1, 0.15) is 6.10 Å². The second-order valence-electron chi connectivity index (χ2n) is 4.67. The molecule has 0 spiro atoms. The zero-order chi connectivity index (χ0) is 13.8. The molecule has 4 heteroatoms. The summed E-state index contributed by atoms with van der Waals surface area (Å²) < 4.78 is 5.10. The fourth-order valence-electron chi connectivity index (χ4n) is 1.54. The van der Waals surface area contributed by atoms with Crippen molar-refractivity contribution in [2.45, 2.75) is 31.9 Å². The van der Waals surface area contributed by atoms with Gasteiger partial charge in [-0.2, -0.15) is 0 Å². The molecule has 0 aromatic heterocycles. The normalized spacial score (nSPS) is 15.4. The van der Waals surface area contributed by atoms with E-state index in [1.165, 1.54) is 0 Å². The molecule has 1 saturated carbocycles. The minimum absolute atomic E-state index is 0.0955. The zero-order valence-corrected chi connectivity index (χ0v) is 10.9. The van der Waals surface area contributed by atoms with Crippen molar-refractivity contribution in [1.29, 1.82) is 0 Å². The predicted molar refractivity (Wildman–Crippen MR) is 72.0 cm³/mol. The number of carbonyl (C=O) groups is 2. The number of amides is 1. The number of ether oxygens (including phenoxy) is 1. The molecule has 0 radical (unpaired) electrons. The molecule has 4 nitrogen and oxygen atoms in total. The Hall–Kier alpha value is -2.10. The lowest BCUT2D eigenvalue weighted by Crippen LogP contribution is -2.25. The Morgan fingerprint density at radius 3 is 2.42 bits per heavy atom. The maximum Gasteiger partial charge on any atom is 0.338 e. The van der Waals surface area contributed by atoms with Gasteiger partial charge >= 0.3 is 5.97 Å². The van der Waals surface area contributed by atoms with Crippen LogP contribution in [0, 0.1) is 0 Å². The summed E-state index contributed by atoms with van der Waals surface area (Å²) >= 11 is 0. The largest absolute Gasteiger partial charge is 0.455 e. The molecule has 0 aliphatic heterocycles. The number of benzene rings is 1. The highest BCUT2D eigenvalue weighted by Crippen LogP contribution is 2.19. The van der Waals surface area contributed by atoms with E-state index in [1.54, 1.807) is 37.3 Å². The summed E-state index contributed by atoms with van der Waals surface area (Å²) in [6.45, 7) is 5.29. The molecular weight excluding hydrogens is 242 g/mol. The summed E-state index contributed by atoms with van der Waals surface area (Å²) in [5.74, 6) is -0.511. The molecule has 1 aliphatic carbocycles. The first-order chi connectivity index (χ1) is 9.10. The Labute approximate surface area is 112 Å². The van der Waals surface area contributed by atoms with E-state index in [2.05, 4.69) is 11.9 Å². The summed E-state index contributed by atoms with van der Waals surface area (Å²) in [7, 11) is 0. The SMILES string of the molecule is C=C[C@H](C)OC(=O)c1ccc(C(=O)NC2CC2)cc1. The summed E-state index contributed by atoms with van der Waals surface area (Å²) in [5.41, 5.74) is 0.983. The Morgan fingerprint density at radius 1 is 1.32 bits per heavy atom. The predicted octanol–water partition coefficient (Wildman–Crippen LogP) is 2.31. The molecule has 1 aromatic carbocycles. The van der Waals surface area contributed by atoms with E-state index in [0.717, 1.165) is 12.8 Å². The monoisotopic (exact) mass is 259 g/mol. The molecule has 1 atom stereocenters. The average molecular weight is 259 g/mol. The minimum atomic E-state index is -0.415. The molecule has 2 rings (SSSR count). The summed E-state index contributed by atoms with van der Waals surface area (Å²) in [6, 6.07) is 6.78. The zero-order valence-electron chi connectivity index (χ0n) is 10.9. The maximum atomic E-state index is 11.8. The second kappa shape index (κ2) is 5.69. The first kappa shape index (κ1) is 13.3. The molecule has 1 amide bonds. The third-order valence-corrected chi connectivity index (χ3v) is 2.92. The number of nitrogens with one attached hydrogen (secondary N) is 1. The van der Waals surface area contributed by atoms with Gasteiger partial charge in [-0.15, -0.1) is 0 Å². The topological polar surface area (TPSA) is 55.4 Å². The smallest absolute Gasteiger partial charge is 0.338 e. The van der Waals surface area contributed by atoms with E-state index in [-0.39, 0.29) is 12.0 Å². The Balaban J connectivity index is 1.98. The summed E-state index contributed by atoms with van der Waals surface area (Å²) in [5, 5.41) is 2.89. The van der Waals surface area contributed by atoms with E-state index in [4.69, 9.17) is 4.74 Å². The van der Waals surface area contributed by atoms with Crippen LogP contribution in [-0.4, -0.2) is 24.0 Å². The highest BCUT2D eigenvalue weighted by Gasteiger charge is 2.23. The van der Waals surface area contributed by atoms with Crippen LogP contribution in [0.5, 0.6) is 0 Å². The van der Waals surface area contributed by atoms with E-state index >= 15 is 0 Å².